The van der Waals surface area contributed by atoms with Gasteiger partial charge in [0, 0.05) is 10.5 Å². The number of halogens is 1. The van der Waals surface area contributed by atoms with Gasteiger partial charge in [-0.15, -0.1) is 0 Å². The highest BCUT2D eigenvalue weighted by atomic mass is 79.9. The summed E-state index contributed by atoms with van der Waals surface area (Å²) >= 11 is 3.62. The summed E-state index contributed by atoms with van der Waals surface area (Å²) in [5.74, 6) is 0. The Labute approximate surface area is 124 Å². The molecule has 0 radical (unpaired) electrons. The number of aryl methyl sites for hydroxylation is 1. The average Bonchev–Trinajstić information content (AvgIpc) is 2.41. The highest BCUT2D eigenvalue weighted by Gasteiger charge is 2.14. The first-order chi connectivity index (χ1) is 9.13. The molecule has 100 valence electrons. The van der Waals surface area contributed by atoms with E-state index in [9.17, 15) is 0 Å². The van der Waals surface area contributed by atoms with E-state index in [1.807, 2.05) is 7.05 Å². The smallest absolute Gasteiger partial charge is 0.0361 e. The van der Waals surface area contributed by atoms with Crippen molar-refractivity contribution in [3.63, 3.8) is 0 Å². The predicted octanol–water partition coefficient (Wildman–Crippen LogP) is 4.57. The van der Waals surface area contributed by atoms with Crippen LogP contribution in [0, 0.1) is 13.8 Å². The topological polar surface area (TPSA) is 12.0 Å². The predicted molar refractivity (Wildman–Crippen MR) is 85.6 cm³/mol. The number of rotatable bonds is 4. The molecule has 0 aliphatic heterocycles. The van der Waals surface area contributed by atoms with Crippen LogP contribution in [0.3, 0.4) is 0 Å². The van der Waals surface area contributed by atoms with Gasteiger partial charge < -0.3 is 5.32 Å². The van der Waals surface area contributed by atoms with Gasteiger partial charge in [-0.2, -0.15) is 0 Å². The molecule has 2 heteroatoms. The average molecular weight is 318 g/mol. The Bertz CT molecular complexity index is 563. The van der Waals surface area contributed by atoms with Crippen molar-refractivity contribution in [1.29, 1.82) is 0 Å². The zero-order chi connectivity index (χ0) is 13.8. The summed E-state index contributed by atoms with van der Waals surface area (Å²) in [6, 6.07) is 15.4. The number of benzene rings is 2. The molecule has 0 aromatic heterocycles. The Hall–Kier alpha value is -1.12. The van der Waals surface area contributed by atoms with Gasteiger partial charge in [0.1, 0.15) is 0 Å². The maximum Gasteiger partial charge on any atom is 0.0361 e. The van der Waals surface area contributed by atoms with Crippen LogP contribution in [0.2, 0.25) is 0 Å². The molecule has 2 rings (SSSR count). The molecule has 0 saturated heterocycles. The van der Waals surface area contributed by atoms with E-state index in [0.29, 0.717) is 6.04 Å². The minimum absolute atomic E-state index is 0.346. The summed E-state index contributed by atoms with van der Waals surface area (Å²) in [7, 11) is 2.03. The molecule has 1 nitrogen and oxygen atoms in total. The number of nitrogens with one attached hydrogen (secondary N) is 1. The van der Waals surface area contributed by atoms with Gasteiger partial charge in [0.05, 0.1) is 0 Å². The van der Waals surface area contributed by atoms with Crippen molar-refractivity contribution >= 4 is 15.9 Å². The van der Waals surface area contributed by atoms with E-state index in [2.05, 4.69) is 77.6 Å². The molecule has 0 heterocycles. The zero-order valence-electron chi connectivity index (χ0n) is 11.7. The largest absolute Gasteiger partial charge is 0.313 e. The van der Waals surface area contributed by atoms with E-state index in [-0.39, 0.29) is 0 Å². The van der Waals surface area contributed by atoms with Crippen LogP contribution in [0.1, 0.15) is 28.3 Å². The van der Waals surface area contributed by atoms with Gasteiger partial charge in [-0.25, -0.2) is 0 Å². The van der Waals surface area contributed by atoms with Gasteiger partial charge >= 0.3 is 0 Å². The Kier molecular flexibility index (Phi) is 4.78. The van der Waals surface area contributed by atoms with Crippen LogP contribution in [0.15, 0.2) is 46.9 Å². The normalized spacial score (nSPS) is 12.4. The van der Waals surface area contributed by atoms with Crippen LogP contribution in [0.5, 0.6) is 0 Å². The lowest BCUT2D eigenvalue weighted by molar-refractivity contribution is 0.587. The maximum atomic E-state index is 3.62. The molecule has 2 aromatic rings. The highest BCUT2D eigenvalue weighted by Crippen LogP contribution is 2.27. The van der Waals surface area contributed by atoms with E-state index in [4.69, 9.17) is 0 Å². The van der Waals surface area contributed by atoms with Crippen molar-refractivity contribution in [1.82, 2.24) is 5.32 Å². The third kappa shape index (κ3) is 3.26. The fourth-order valence-electron chi connectivity index (χ4n) is 2.43. The molecule has 0 fully saturated rings. The standard InChI is InChI=1S/C17H20BrN/c1-12-7-4-5-8-14(12)11-17(19-3)15-9-6-10-16(18)13(15)2/h4-10,17,19H,11H2,1-3H3. The molecule has 1 N–H and O–H groups in total. The van der Waals surface area contributed by atoms with Crippen LogP contribution in [0.4, 0.5) is 0 Å². The summed E-state index contributed by atoms with van der Waals surface area (Å²) in [5, 5.41) is 3.44. The lowest BCUT2D eigenvalue weighted by Gasteiger charge is -2.20. The molecule has 0 bridgehead atoms. The van der Waals surface area contributed by atoms with Gasteiger partial charge in [-0.05, 0) is 55.6 Å². The van der Waals surface area contributed by atoms with Crippen molar-refractivity contribution in [2.45, 2.75) is 26.3 Å². The second kappa shape index (κ2) is 6.36. The van der Waals surface area contributed by atoms with E-state index in [1.54, 1.807) is 0 Å². The first-order valence-corrected chi connectivity index (χ1v) is 7.39. The maximum absolute atomic E-state index is 3.62. The highest BCUT2D eigenvalue weighted by molar-refractivity contribution is 9.10. The summed E-state index contributed by atoms with van der Waals surface area (Å²) in [4.78, 5) is 0. The summed E-state index contributed by atoms with van der Waals surface area (Å²) in [6.45, 7) is 4.34. The van der Waals surface area contributed by atoms with Crippen molar-refractivity contribution in [2.75, 3.05) is 7.05 Å². The second-order valence-electron chi connectivity index (χ2n) is 4.93. The van der Waals surface area contributed by atoms with Gasteiger partial charge in [0.25, 0.3) is 0 Å². The Balaban J connectivity index is 2.31. The SMILES string of the molecule is CNC(Cc1ccccc1C)c1cccc(Br)c1C. The van der Waals surface area contributed by atoms with E-state index in [0.717, 1.165) is 6.42 Å². The third-order valence-corrected chi connectivity index (χ3v) is 4.58. The molecule has 19 heavy (non-hydrogen) atoms. The lowest BCUT2D eigenvalue weighted by atomic mass is 9.93. The zero-order valence-corrected chi connectivity index (χ0v) is 13.3. The molecule has 0 aliphatic rings. The summed E-state index contributed by atoms with van der Waals surface area (Å²) in [6.07, 6.45) is 1.01. The molecule has 0 amide bonds. The van der Waals surface area contributed by atoms with Crippen molar-refractivity contribution in [2.24, 2.45) is 0 Å². The Morgan fingerprint density at radius 1 is 1.05 bits per heavy atom. The van der Waals surface area contributed by atoms with E-state index in [1.165, 1.54) is 26.7 Å². The molecular formula is C17H20BrN. The van der Waals surface area contributed by atoms with Gasteiger partial charge in [0.2, 0.25) is 0 Å². The van der Waals surface area contributed by atoms with Crippen molar-refractivity contribution in [3.8, 4) is 0 Å². The molecular weight excluding hydrogens is 298 g/mol. The van der Waals surface area contributed by atoms with Crippen molar-refractivity contribution < 1.29 is 0 Å². The van der Waals surface area contributed by atoms with Crippen LogP contribution < -0.4 is 5.32 Å². The monoisotopic (exact) mass is 317 g/mol. The van der Waals surface area contributed by atoms with Crippen LogP contribution in [-0.2, 0) is 6.42 Å². The molecule has 1 atom stereocenters. The fraction of sp³-hybridized carbons (Fsp3) is 0.294. The lowest BCUT2D eigenvalue weighted by Crippen LogP contribution is -2.20. The first kappa shape index (κ1) is 14.3. The fourth-order valence-corrected chi connectivity index (χ4v) is 2.81. The number of hydrogen-bond acceptors (Lipinski definition) is 1. The third-order valence-electron chi connectivity index (χ3n) is 3.72. The second-order valence-corrected chi connectivity index (χ2v) is 5.78. The Morgan fingerprint density at radius 2 is 1.79 bits per heavy atom. The van der Waals surface area contributed by atoms with Crippen molar-refractivity contribution in [3.05, 3.63) is 69.2 Å². The van der Waals surface area contributed by atoms with Gasteiger partial charge in [-0.3, -0.25) is 0 Å². The quantitative estimate of drug-likeness (QED) is 0.871. The van der Waals surface area contributed by atoms with E-state index < -0.39 is 0 Å². The minimum Gasteiger partial charge on any atom is -0.313 e. The van der Waals surface area contributed by atoms with Gasteiger partial charge in [-0.1, -0.05) is 52.3 Å². The number of likely N-dealkylation sites (N-methyl/N-ethyl adjacent to an activating group) is 1. The minimum atomic E-state index is 0.346. The molecule has 0 aliphatic carbocycles. The molecule has 0 spiro atoms. The molecule has 1 unspecified atom stereocenters. The van der Waals surface area contributed by atoms with Crippen LogP contribution in [0.25, 0.3) is 0 Å². The summed E-state index contributed by atoms with van der Waals surface area (Å²) in [5.41, 5.74) is 5.44. The van der Waals surface area contributed by atoms with Crippen LogP contribution >= 0.6 is 15.9 Å². The molecule has 0 saturated carbocycles. The Morgan fingerprint density at radius 3 is 2.47 bits per heavy atom. The molecule has 2 aromatic carbocycles. The summed E-state index contributed by atoms with van der Waals surface area (Å²) < 4.78 is 1.18. The first-order valence-electron chi connectivity index (χ1n) is 6.60. The van der Waals surface area contributed by atoms with Crippen LogP contribution in [-0.4, -0.2) is 7.05 Å². The van der Waals surface area contributed by atoms with E-state index >= 15 is 0 Å². The number of hydrogen-bond donors (Lipinski definition) is 1. The van der Waals surface area contributed by atoms with Gasteiger partial charge in [0.15, 0.2) is 0 Å².